The Morgan fingerprint density at radius 3 is 1.65 bits per heavy atom. The number of hydrogen-bond donors (Lipinski definition) is 0. The summed E-state index contributed by atoms with van der Waals surface area (Å²) in [6.45, 7) is 3.38. The molecule has 1 heterocycles. The van der Waals surface area contributed by atoms with Gasteiger partial charge < -0.3 is 0 Å². The number of halogens is 6. The first-order valence-electron chi connectivity index (χ1n) is 4.59. The van der Waals surface area contributed by atoms with Crippen molar-refractivity contribution in [2.45, 2.75) is 25.2 Å². The van der Waals surface area contributed by atoms with E-state index in [2.05, 4.69) is 11.9 Å². The minimum atomic E-state index is -4.89. The zero-order valence-electron chi connectivity index (χ0n) is 8.49. The van der Waals surface area contributed by atoms with Crippen molar-refractivity contribution in [2.75, 3.05) is 0 Å². The van der Waals surface area contributed by atoms with Gasteiger partial charge in [-0.1, -0.05) is 6.92 Å². The largest absolute Gasteiger partial charge is 0.433 e. The van der Waals surface area contributed by atoms with Crippen LogP contribution in [0.5, 0.6) is 0 Å². The first-order chi connectivity index (χ1) is 7.64. The molecule has 0 saturated carbocycles. The van der Waals surface area contributed by atoms with Crippen molar-refractivity contribution in [3.8, 4) is 0 Å². The number of alkyl halides is 6. The Balaban J connectivity index is 3.29. The summed E-state index contributed by atoms with van der Waals surface area (Å²) in [7, 11) is 0. The topological polar surface area (TPSA) is 12.9 Å². The van der Waals surface area contributed by atoms with E-state index in [-0.39, 0.29) is 18.4 Å². The molecule has 0 bridgehead atoms. The van der Waals surface area contributed by atoms with Crippen LogP contribution in [0.25, 0.3) is 0 Å². The molecule has 0 aromatic carbocycles. The van der Waals surface area contributed by atoms with Crippen LogP contribution >= 0.6 is 0 Å². The summed E-state index contributed by atoms with van der Waals surface area (Å²) >= 11 is 0. The average Bonchev–Trinajstić information content (AvgIpc) is 2.15. The SMILES string of the molecule is [CH2]CCc1cc(C(F)(F)F)nc(C(F)(F)F)c1. The highest BCUT2D eigenvalue weighted by atomic mass is 19.4. The highest BCUT2D eigenvalue weighted by Gasteiger charge is 2.38. The molecule has 0 saturated heterocycles. The summed E-state index contributed by atoms with van der Waals surface area (Å²) in [5.41, 5.74) is -3.14. The van der Waals surface area contributed by atoms with Crippen LogP contribution in [0.4, 0.5) is 26.3 Å². The van der Waals surface area contributed by atoms with Crippen LogP contribution in [-0.2, 0) is 18.8 Å². The lowest BCUT2D eigenvalue weighted by Gasteiger charge is -2.12. The maximum Gasteiger partial charge on any atom is 0.433 e. The van der Waals surface area contributed by atoms with Gasteiger partial charge in [-0.3, -0.25) is 0 Å². The standard InChI is InChI=1S/C10H8F6N/c1-2-3-6-4-7(9(11,12)13)17-8(5-6)10(14,15)16/h4-5H,1-3H2. The smallest absolute Gasteiger partial charge is 0.239 e. The summed E-state index contributed by atoms with van der Waals surface area (Å²) in [5, 5.41) is 0. The van der Waals surface area contributed by atoms with Gasteiger partial charge in [0.15, 0.2) is 0 Å². The van der Waals surface area contributed by atoms with E-state index >= 15 is 0 Å². The summed E-state index contributed by atoms with van der Waals surface area (Å²) in [6.07, 6.45) is -9.54. The summed E-state index contributed by atoms with van der Waals surface area (Å²) in [6, 6.07) is 1.22. The van der Waals surface area contributed by atoms with E-state index in [0.29, 0.717) is 12.1 Å². The van der Waals surface area contributed by atoms with E-state index in [0.717, 1.165) is 0 Å². The van der Waals surface area contributed by atoms with Gasteiger partial charge in [0.1, 0.15) is 11.4 Å². The minimum absolute atomic E-state index is 0.0364. The molecule has 0 amide bonds. The Morgan fingerprint density at radius 1 is 0.941 bits per heavy atom. The maximum atomic E-state index is 12.3. The molecule has 0 unspecified atom stereocenters. The fraction of sp³-hybridized carbons (Fsp3) is 0.400. The van der Waals surface area contributed by atoms with Gasteiger partial charge in [-0.25, -0.2) is 4.98 Å². The monoisotopic (exact) mass is 256 g/mol. The van der Waals surface area contributed by atoms with E-state index in [9.17, 15) is 26.3 Å². The third kappa shape index (κ3) is 3.61. The van der Waals surface area contributed by atoms with Crippen LogP contribution in [0.15, 0.2) is 12.1 Å². The van der Waals surface area contributed by atoms with Crippen LogP contribution in [-0.4, -0.2) is 4.98 Å². The Labute approximate surface area is 93.5 Å². The maximum absolute atomic E-state index is 12.3. The number of nitrogens with zero attached hydrogens (tertiary/aromatic N) is 1. The quantitative estimate of drug-likeness (QED) is 0.731. The Morgan fingerprint density at radius 2 is 1.35 bits per heavy atom. The lowest BCUT2D eigenvalue weighted by atomic mass is 10.1. The van der Waals surface area contributed by atoms with Crippen LogP contribution in [0, 0.1) is 6.92 Å². The highest BCUT2D eigenvalue weighted by Crippen LogP contribution is 2.33. The molecule has 0 N–H and O–H groups in total. The third-order valence-electron chi connectivity index (χ3n) is 1.93. The average molecular weight is 256 g/mol. The molecule has 1 nitrogen and oxygen atoms in total. The molecule has 7 heteroatoms. The Bertz CT molecular complexity index is 361. The second-order valence-electron chi connectivity index (χ2n) is 3.34. The van der Waals surface area contributed by atoms with Gasteiger partial charge in [0.2, 0.25) is 0 Å². The van der Waals surface area contributed by atoms with Crippen molar-refractivity contribution in [1.29, 1.82) is 0 Å². The molecule has 0 fully saturated rings. The van der Waals surface area contributed by atoms with Gasteiger partial charge in [0, 0.05) is 0 Å². The summed E-state index contributed by atoms with van der Waals surface area (Å²) in [5.74, 6) is 0. The molecule has 1 rings (SSSR count). The zero-order valence-corrected chi connectivity index (χ0v) is 8.49. The Kier molecular flexibility index (Phi) is 3.68. The van der Waals surface area contributed by atoms with Crippen LogP contribution in [0.1, 0.15) is 23.4 Å². The molecule has 95 valence electrons. The van der Waals surface area contributed by atoms with Gasteiger partial charge >= 0.3 is 12.4 Å². The number of hydrogen-bond acceptors (Lipinski definition) is 1. The lowest BCUT2D eigenvalue weighted by Crippen LogP contribution is -2.15. The first kappa shape index (κ1) is 13.8. The van der Waals surface area contributed by atoms with Crippen molar-refractivity contribution >= 4 is 0 Å². The van der Waals surface area contributed by atoms with Crippen molar-refractivity contribution < 1.29 is 26.3 Å². The predicted octanol–water partition coefficient (Wildman–Crippen LogP) is 3.89. The third-order valence-corrected chi connectivity index (χ3v) is 1.93. The molecule has 1 aromatic rings. The van der Waals surface area contributed by atoms with Gasteiger partial charge in [0.05, 0.1) is 0 Å². The van der Waals surface area contributed by atoms with Gasteiger partial charge in [-0.05, 0) is 30.5 Å². The number of pyridine rings is 1. The number of aryl methyl sites for hydroxylation is 1. The minimum Gasteiger partial charge on any atom is -0.239 e. The Hall–Kier alpha value is -1.27. The van der Waals surface area contributed by atoms with Gasteiger partial charge in [-0.15, -0.1) is 0 Å². The summed E-state index contributed by atoms with van der Waals surface area (Å²) < 4.78 is 74.0. The fourth-order valence-electron chi connectivity index (χ4n) is 1.23. The van der Waals surface area contributed by atoms with E-state index in [1.165, 1.54) is 0 Å². The molecular formula is C10H8F6N. The van der Waals surface area contributed by atoms with Crippen LogP contribution in [0.2, 0.25) is 0 Å². The second-order valence-corrected chi connectivity index (χ2v) is 3.34. The predicted molar refractivity (Wildman–Crippen MR) is 47.9 cm³/mol. The van der Waals surface area contributed by atoms with Crippen molar-refractivity contribution in [3.63, 3.8) is 0 Å². The van der Waals surface area contributed by atoms with E-state index in [4.69, 9.17) is 0 Å². The zero-order chi connectivity index (χ0) is 13.3. The molecule has 0 aliphatic heterocycles. The van der Waals surface area contributed by atoms with Crippen LogP contribution < -0.4 is 0 Å². The van der Waals surface area contributed by atoms with E-state index < -0.39 is 23.7 Å². The molecule has 0 aliphatic rings. The van der Waals surface area contributed by atoms with E-state index in [1.54, 1.807) is 0 Å². The van der Waals surface area contributed by atoms with Gasteiger partial charge in [0.25, 0.3) is 0 Å². The molecule has 17 heavy (non-hydrogen) atoms. The highest BCUT2D eigenvalue weighted by molar-refractivity contribution is 5.25. The van der Waals surface area contributed by atoms with Gasteiger partial charge in [-0.2, -0.15) is 26.3 Å². The van der Waals surface area contributed by atoms with Crippen LogP contribution in [0.3, 0.4) is 0 Å². The second kappa shape index (κ2) is 4.54. The summed E-state index contributed by atoms with van der Waals surface area (Å²) in [4.78, 5) is 2.59. The number of aromatic nitrogens is 1. The first-order valence-corrected chi connectivity index (χ1v) is 4.59. The number of rotatable bonds is 2. The molecule has 1 aromatic heterocycles. The normalized spacial score (nSPS) is 12.9. The molecule has 0 atom stereocenters. The molecular weight excluding hydrogens is 248 g/mol. The van der Waals surface area contributed by atoms with E-state index in [1.807, 2.05) is 0 Å². The fourth-order valence-corrected chi connectivity index (χ4v) is 1.23. The lowest BCUT2D eigenvalue weighted by molar-refractivity contribution is -0.150. The molecule has 0 spiro atoms. The van der Waals surface area contributed by atoms with Crippen molar-refractivity contribution in [1.82, 2.24) is 4.98 Å². The van der Waals surface area contributed by atoms with Crippen molar-refractivity contribution in [2.24, 2.45) is 0 Å². The molecule has 1 radical (unpaired) electrons. The molecule has 0 aliphatic carbocycles. The van der Waals surface area contributed by atoms with Crippen molar-refractivity contribution in [3.05, 3.63) is 36.0 Å².